The summed E-state index contributed by atoms with van der Waals surface area (Å²) in [6.07, 6.45) is -0.784. The molecule has 1 N–H and O–H groups in total. The van der Waals surface area contributed by atoms with Gasteiger partial charge in [0.2, 0.25) is 0 Å². The van der Waals surface area contributed by atoms with Crippen LogP contribution in [0.1, 0.15) is 17.5 Å². The van der Waals surface area contributed by atoms with Crippen LogP contribution in [0, 0.1) is 5.82 Å². The molecule has 1 unspecified atom stereocenters. The first-order chi connectivity index (χ1) is 12.8. The molecule has 0 heterocycles. The van der Waals surface area contributed by atoms with Crippen molar-refractivity contribution in [1.29, 1.82) is 0 Å². The predicted molar refractivity (Wildman–Crippen MR) is 104 cm³/mol. The first kappa shape index (κ1) is 25.6. The third kappa shape index (κ3) is 8.91. The molecule has 0 saturated heterocycles. The van der Waals surface area contributed by atoms with E-state index in [1.165, 1.54) is 23.9 Å². The second kappa shape index (κ2) is 13.0. The molecular weight excluding hydrogens is 437 g/mol. The van der Waals surface area contributed by atoms with Gasteiger partial charge in [-0.3, -0.25) is 0 Å². The molecule has 1 atom stereocenters. The molecule has 2 aromatic carbocycles. The molecule has 0 aromatic heterocycles. The second-order valence-electron chi connectivity index (χ2n) is 5.83. The Hall–Kier alpha value is -0.470. The fraction of sp³-hybridized carbons (Fsp3) is 0.316. The minimum absolute atomic E-state index is 0. The number of thioether (sulfide) groups is 1. The average Bonchev–Trinajstić information content (AvgIpc) is 2.59. The van der Waals surface area contributed by atoms with E-state index in [1.54, 1.807) is 24.3 Å². The third-order valence-electron chi connectivity index (χ3n) is 3.64. The summed E-state index contributed by atoms with van der Waals surface area (Å²) in [6, 6.07) is 9.28. The van der Waals surface area contributed by atoms with Crippen LogP contribution >= 0.6 is 35.0 Å². The van der Waals surface area contributed by atoms with Crippen molar-refractivity contribution in [3.8, 4) is 5.75 Å². The molecule has 9 heteroatoms. The number of hydrogen-bond donors (Lipinski definition) is 1. The number of aliphatic hydroxyl groups excluding tert-OH is 1. The molecule has 0 aliphatic carbocycles. The van der Waals surface area contributed by atoms with E-state index < -0.39 is 12.1 Å². The predicted octanol–water partition coefficient (Wildman–Crippen LogP) is 0.492. The summed E-state index contributed by atoms with van der Waals surface area (Å²) < 4.78 is 18.8. The minimum Gasteiger partial charge on any atom is -0.550 e. The van der Waals surface area contributed by atoms with Crippen LogP contribution in [0.3, 0.4) is 0 Å². The van der Waals surface area contributed by atoms with Gasteiger partial charge in [0.25, 0.3) is 0 Å². The van der Waals surface area contributed by atoms with Crippen LogP contribution in [0.15, 0.2) is 36.4 Å². The Morgan fingerprint density at radius 2 is 1.93 bits per heavy atom. The maximum Gasteiger partial charge on any atom is 1.00 e. The zero-order chi connectivity index (χ0) is 19.8. The maximum absolute atomic E-state index is 13.0. The van der Waals surface area contributed by atoms with Gasteiger partial charge >= 0.3 is 29.6 Å². The summed E-state index contributed by atoms with van der Waals surface area (Å²) >= 11 is 13.8. The Balaban J connectivity index is 0.00000392. The van der Waals surface area contributed by atoms with Gasteiger partial charge in [0.1, 0.15) is 18.2 Å². The van der Waals surface area contributed by atoms with Crippen LogP contribution in [0.25, 0.3) is 0 Å². The van der Waals surface area contributed by atoms with E-state index in [1.807, 2.05) is 0 Å². The van der Waals surface area contributed by atoms with Gasteiger partial charge < -0.3 is 19.7 Å². The van der Waals surface area contributed by atoms with Crippen molar-refractivity contribution in [1.82, 2.24) is 0 Å². The van der Waals surface area contributed by atoms with Gasteiger partial charge in [-0.2, -0.15) is 11.8 Å². The standard InChI is InChI=1S/C19H19Cl2FO4S.Na/c20-13-7-17(21)16(5-6-27-11-15(23)9-19(24)25)18(8-13)26-10-12-1-3-14(22)4-2-12;/h1-4,7-8,15,23H,5-6,9-11H2,(H,24,25);/q;+1/p-1. The van der Waals surface area contributed by atoms with Gasteiger partial charge in [-0.1, -0.05) is 35.3 Å². The average molecular weight is 455 g/mol. The van der Waals surface area contributed by atoms with E-state index in [-0.39, 0.29) is 54.2 Å². The SMILES string of the molecule is O=C([O-])CC(O)CSCCc1c(Cl)cc(Cl)cc1OCc1ccc(F)cc1.[Na+]. The number of hydrogen-bond acceptors (Lipinski definition) is 5. The summed E-state index contributed by atoms with van der Waals surface area (Å²) in [5, 5.41) is 20.9. The molecule has 0 spiro atoms. The molecule has 0 bridgehead atoms. The van der Waals surface area contributed by atoms with Crippen molar-refractivity contribution in [3.05, 3.63) is 63.4 Å². The maximum atomic E-state index is 13.0. The molecule has 0 aliphatic heterocycles. The molecule has 0 radical (unpaired) electrons. The number of halogens is 3. The summed E-state index contributed by atoms with van der Waals surface area (Å²) in [6.45, 7) is 0.238. The Morgan fingerprint density at radius 3 is 2.57 bits per heavy atom. The number of ether oxygens (including phenoxy) is 1. The molecule has 0 saturated carbocycles. The van der Waals surface area contributed by atoms with Gasteiger partial charge in [-0.15, -0.1) is 0 Å². The van der Waals surface area contributed by atoms with Gasteiger partial charge in [0, 0.05) is 33.8 Å². The van der Waals surface area contributed by atoms with Gasteiger partial charge in [0.05, 0.1) is 6.10 Å². The molecule has 0 aliphatic rings. The van der Waals surface area contributed by atoms with E-state index in [4.69, 9.17) is 27.9 Å². The number of benzene rings is 2. The van der Waals surface area contributed by atoms with Crippen molar-refractivity contribution in [2.45, 2.75) is 25.6 Å². The number of carbonyl (C=O) groups excluding carboxylic acids is 1. The normalized spacial score (nSPS) is 11.6. The molecule has 2 aromatic rings. The zero-order valence-electron chi connectivity index (χ0n) is 15.3. The van der Waals surface area contributed by atoms with Crippen LogP contribution in [-0.4, -0.2) is 28.7 Å². The van der Waals surface area contributed by atoms with Gasteiger partial charge in [0.15, 0.2) is 0 Å². The number of rotatable bonds is 10. The fourth-order valence-electron chi connectivity index (χ4n) is 2.34. The zero-order valence-corrected chi connectivity index (χ0v) is 19.6. The quantitative estimate of drug-likeness (QED) is 0.418. The number of carbonyl (C=O) groups is 1. The molecule has 2 rings (SSSR count). The summed E-state index contributed by atoms with van der Waals surface area (Å²) in [7, 11) is 0. The monoisotopic (exact) mass is 454 g/mol. The summed E-state index contributed by atoms with van der Waals surface area (Å²) in [4.78, 5) is 10.4. The molecule has 4 nitrogen and oxygen atoms in total. The topological polar surface area (TPSA) is 69.6 Å². The van der Waals surface area contributed by atoms with Crippen molar-refractivity contribution >= 4 is 40.9 Å². The molecular formula is C19H18Cl2FNaO4S. The number of aliphatic carboxylic acids is 1. The third-order valence-corrected chi connectivity index (χ3v) is 5.30. The number of aliphatic hydroxyl groups is 1. The molecule has 0 fully saturated rings. The Kier molecular flexibility index (Phi) is 11.8. The van der Waals surface area contributed by atoms with E-state index in [9.17, 15) is 19.4 Å². The van der Waals surface area contributed by atoms with Crippen molar-refractivity contribution in [3.63, 3.8) is 0 Å². The first-order valence-corrected chi connectivity index (χ1v) is 10.1. The Labute approximate surface area is 199 Å². The van der Waals surface area contributed by atoms with Crippen LogP contribution in [-0.2, 0) is 17.8 Å². The minimum atomic E-state index is -1.28. The van der Waals surface area contributed by atoms with Crippen LogP contribution < -0.4 is 39.4 Å². The largest absolute Gasteiger partial charge is 1.00 e. The Bertz CT molecular complexity index is 777. The summed E-state index contributed by atoms with van der Waals surface area (Å²) in [5.74, 6) is -0.167. The summed E-state index contributed by atoms with van der Waals surface area (Å²) in [5.41, 5.74) is 1.57. The first-order valence-electron chi connectivity index (χ1n) is 8.16. The van der Waals surface area contributed by atoms with Crippen LogP contribution in [0.5, 0.6) is 5.75 Å². The van der Waals surface area contributed by atoms with Crippen molar-refractivity contribution < 1.29 is 53.7 Å². The van der Waals surface area contributed by atoms with Crippen molar-refractivity contribution in [2.75, 3.05) is 11.5 Å². The van der Waals surface area contributed by atoms with E-state index in [0.29, 0.717) is 28.0 Å². The molecule has 0 amide bonds. The molecule has 28 heavy (non-hydrogen) atoms. The van der Waals surface area contributed by atoms with E-state index in [0.717, 1.165) is 11.1 Å². The van der Waals surface area contributed by atoms with Gasteiger partial charge in [-0.25, -0.2) is 4.39 Å². The van der Waals surface area contributed by atoms with Crippen LogP contribution in [0.2, 0.25) is 10.0 Å². The number of carboxylic acid groups (broad SMARTS) is 1. The van der Waals surface area contributed by atoms with Gasteiger partial charge in [-0.05, 0) is 42.0 Å². The van der Waals surface area contributed by atoms with Crippen molar-refractivity contribution in [2.24, 2.45) is 0 Å². The second-order valence-corrected chi connectivity index (χ2v) is 7.83. The van der Waals surface area contributed by atoms with Crippen LogP contribution in [0.4, 0.5) is 4.39 Å². The van der Waals surface area contributed by atoms with E-state index >= 15 is 0 Å². The Morgan fingerprint density at radius 1 is 1.25 bits per heavy atom. The number of carboxylic acids is 1. The smallest absolute Gasteiger partial charge is 0.550 e. The fourth-order valence-corrected chi connectivity index (χ4v) is 3.81. The molecule has 146 valence electrons. The van der Waals surface area contributed by atoms with E-state index in [2.05, 4.69) is 0 Å².